The summed E-state index contributed by atoms with van der Waals surface area (Å²) in [5.41, 5.74) is 1.12. The molecule has 1 aliphatic rings. The molecular formula is C15H23NO3S. The minimum atomic E-state index is -3.51. The lowest BCUT2D eigenvalue weighted by molar-refractivity contribution is 0.113. The van der Waals surface area contributed by atoms with Gasteiger partial charge >= 0.3 is 0 Å². The first kappa shape index (κ1) is 15.5. The average Bonchev–Trinajstić information content (AvgIpc) is 2.47. The van der Waals surface area contributed by atoms with Crippen LogP contribution in [0, 0.1) is 5.92 Å². The number of benzene rings is 1. The Labute approximate surface area is 121 Å². The molecule has 1 aliphatic heterocycles. The number of hydrogen-bond acceptors (Lipinski definition) is 3. The van der Waals surface area contributed by atoms with Crippen LogP contribution in [0.3, 0.4) is 0 Å². The Morgan fingerprint density at radius 1 is 1.30 bits per heavy atom. The van der Waals surface area contributed by atoms with E-state index in [4.69, 9.17) is 0 Å². The number of aliphatic hydroxyl groups is 1. The molecule has 2 rings (SSSR count). The third-order valence-electron chi connectivity index (χ3n) is 4.19. The summed E-state index contributed by atoms with van der Waals surface area (Å²) in [5.74, 6) is 0.193. The first-order valence-corrected chi connectivity index (χ1v) is 8.66. The molecule has 1 aromatic carbocycles. The highest BCUT2D eigenvalue weighted by atomic mass is 32.2. The maximum atomic E-state index is 12.7. The monoisotopic (exact) mass is 297 g/mol. The predicted octanol–water partition coefficient (Wildman–Crippen LogP) is 2.03. The highest BCUT2D eigenvalue weighted by Gasteiger charge is 2.36. The van der Waals surface area contributed by atoms with Gasteiger partial charge in [-0.2, -0.15) is 4.31 Å². The molecule has 0 bridgehead atoms. The third kappa shape index (κ3) is 2.90. The van der Waals surface area contributed by atoms with Gasteiger partial charge in [0.25, 0.3) is 0 Å². The van der Waals surface area contributed by atoms with Crippen molar-refractivity contribution >= 4 is 10.0 Å². The maximum Gasteiger partial charge on any atom is 0.243 e. The van der Waals surface area contributed by atoms with E-state index < -0.39 is 10.0 Å². The van der Waals surface area contributed by atoms with Crippen molar-refractivity contribution in [2.75, 3.05) is 13.2 Å². The minimum absolute atomic E-state index is 0.118. The van der Waals surface area contributed by atoms with Gasteiger partial charge in [-0.1, -0.05) is 26.0 Å². The zero-order valence-electron chi connectivity index (χ0n) is 12.1. The van der Waals surface area contributed by atoms with E-state index in [0.29, 0.717) is 11.4 Å². The lowest BCUT2D eigenvalue weighted by Crippen LogP contribution is -2.49. The van der Waals surface area contributed by atoms with Crippen LogP contribution in [0.25, 0.3) is 0 Å². The van der Waals surface area contributed by atoms with Crippen LogP contribution >= 0.6 is 0 Å². The molecule has 0 amide bonds. The Morgan fingerprint density at radius 3 is 2.50 bits per heavy atom. The van der Waals surface area contributed by atoms with E-state index in [-0.39, 0.29) is 18.6 Å². The Kier molecular flexibility index (Phi) is 4.83. The van der Waals surface area contributed by atoms with Gasteiger partial charge in [0.2, 0.25) is 10.0 Å². The molecular weight excluding hydrogens is 274 g/mol. The predicted molar refractivity (Wildman–Crippen MR) is 79.0 cm³/mol. The van der Waals surface area contributed by atoms with Crippen LogP contribution in [0.1, 0.15) is 32.3 Å². The summed E-state index contributed by atoms with van der Waals surface area (Å²) < 4.78 is 26.9. The number of sulfonamides is 1. The van der Waals surface area contributed by atoms with Gasteiger partial charge in [0.05, 0.1) is 17.5 Å². The largest absolute Gasteiger partial charge is 0.395 e. The van der Waals surface area contributed by atoms with Crippen LogP contribution in [-0.4, -0.2) is 37.0 Å². The summed E-state index contributed by atoms with van der Waals surface area (Å²) in [6.07, 6.45) is 2.70. The van der Waals surface area contributed by atoms with Gasteiger partial charge in [-0.05, 0) is 42.9 Å². The summed E-state index contributed by atoms with van der Waals surface area (Å²) in [4.78, 5) is 0.322. The van der Waals surface area contributed by atoms with E-state index in [9.17, 15) is 13.5 Å². The number of hydrogen-bond donors (Lipinski definition) is 1. The fourth-order valence-electron chi connectivity index (χ4n) is 2.81. The molecule has 1 fully saturated rings. The van der Waals surface area contributed by atoms with Crippen molar-refractivity contribution in [1.82, 2.24) is 4.31 Å². The Balaban J connectivity index is 2.32. The maximum absolute atomic E-state index is 12.7. The number of aliphatic hydroxyl groups excluding tert-OH is 1. The van der Waals surface area contributed by atoms with Crippen molar-refractivity contribution in [3.63, 3.8) is 0 Å². The molecule has 0 aromatic heterocycles. The van der Waals surface area contributed by atoms with Gasteiger partial charge in [0.15, 0.2) is 0 Å². The average molecular weight is 297 g/mol. The van der Waals surface area contributed by atoms with Crippen LogP contribution in [0.5, 0.6) is 0 Å². The molecule has 2 atom stereocenters. The van der Waals surface area contributed by atoms with E-state index in [0.717, 1.165) is 24.8 Å². The van der Waals surface area contributed by atoms with E-state index in [1.54, 1.807) is 12.1 Å². The fourth-order valence-corrected chi connectivity index (χ4v) is 4.56. The Morgan fingerprint density at radius 2 is 1.95 bits per heavy atom. The third-order valence-corrected chi connectivity index (χ3v) is 6.13. The standard InChI is InChI=1S/C15H23NO3S/c1-3-13-6-8-14(9-7-13)20(18,19)16-10-4-5-12(2)15(16)11-17/h6-9,12,15,17H,3-5,10-11H2,1-2H3. The lowest BCUT2D eigenvalue weighted by atomic mass is 9.93. The van der Waals surface area contributed by atoms with E-state index in [2.05, 4.69) is 0 Å². The van der Waals surface area contributed by atoms with Gasteiger partial charge in [-0.25, -0.2) is 8.42 Å². The minimum Gasteiger partial charge on any atom is -0.395 e. The second kappa shape index (κ2) is 6.24. The first-order valence-electron chi connectivity index (χ1n) is 7.22. The molecule has 5 heteroatoms. The quantitative estimate of drug-likeness (QED) is 0.925. The smallest absolute Gasteiger partial charge is 0.243 e. The van der Waals surface area contributed by atoms with Crippen molar-refractivity contribution in [3.8, 4) is 0 Å². The molecule has 1 saturated heterocycles. The van der Waals surface area contributed by atoms with Crippen molar-refractivity contribution in [3.05, 3.63) is 29.8 Å². The van der Waals surface area contributed by atoms with Gasteiger partial charge in [0, 0.05) is 6.54 Å². The van der Waals surface area contributed by atoms with Crippen LogP contribution in [-0.2, 0) is 16.4 Å². The van der Waals surface area contributed by atoms with Crippen molar-refractivity contribution in [2.24, 2.45) is 5.92 Å². The van der Waals surface area contributed by atoms with Crippen LogP contribution < -0.4 is 0 Å². The SMILES string of the molecule is CCc1ccc(S(=O)(=O)N2CCCC(C)C2CO)cc1. The topological polar surface area (TPSA) is 57.6 Å². The van der Waals surface area contributed by atoms with Crippen molar-refractivity contribution in [1.29, 1.82) is 0 Å². The highest BCUT2D eigenvalue weighted by molar-refractivity contribution is 7.89. The van der Waals surface area contributed by atoms with E-state index >= 15 is 0 Å². The van der Waals surface area contributed by atoms with E-state index in [1.807, 2.05) is 26.0 Å². The highest BCUT2D eigenvalue weighted by Crippen LogP contribution is 2.29. The molecule has 4 nitrogen and oxygen atoms in total. The number of nitrogens with zero attached hydrogens (tertiary/aromatic N) is 1. The number of piperidine rings is 1. The van der Waals surface area contributed by atoms with Gasteiger partial charge in [0.1, 0.15) is 0 Å². The molecule has 112 valence electrons. The summed E-state index contributed by atoms with van der Waals surface area (Å²) in [5, 5.41) is 9.52. The van der Waals surface area contributed by atoms with Crippen molar-refractivity contribution in [2.45, 2.75) is 44.0 Å². The second-order valence-electron chi connectivity index (χ2n) is 5.48. The molecule has 0 aliphatic carbocycles. The number of rotatable bonds is 4. The Hall–Kier alpha value is -0.910. The van der Waals surface area contributed by atoms with Gasteiger partial charge in [-0.3, -0.25) is 0 Å². The molecule has 0 saturated carbocycles. The van der Waals surface area contributed by atoms with Crippen LogP contribution in [0.2, 0.25) is 0 Å². The zero-order valence-corrected chi connectivity index (χ0v) is 12.9. The van der Waals surface area contributed by atoms with Gasteiger partial charge < -0.3 is 5.11 Å². The molecule has 1 N–H and O–H groups in total. The molecule has 20 heavy (non-hydrogen) atoms. The Bertz CT molecular complexity index is 539. The normalized spacial score (nSPS) is 24.8. The van der Waals surface area contributed by atoms with Gasteiger partial charge in [-0.15, -0.1) is 0 Å². The number of aryl methyl sites for hydroxylation is 1. The molecule has 2 unspecified atom stereocenters. The zero-order chi connectivity index (χ0) is 14.8. The molecule has 1 heterocycles. The second-order valence-corrected chi connectivity index (χ2v) is 7.37. The summed E-state index contributed by atoms with van der Waals surface area (Å²) in [7, 11) is -3.51. The first-order chi connectivity index (χ1) is 9.50. The summed E-state index contributed by atoms with van der Waals surface area (Å²) in [6, 6.07) is 6.74. The molecule has 0 radical (unpaired) electrons. The van der Waals surface area contributed by atoms with E-state index in [1.165, 1.54) is 4.31 Å². The summed E-state index contributed by atoms with van der Waals surface area (Å²) >= 11 is 0. The van der Waals surface area contributed by atoms with Crippen LogP contribution in [0.15, 0.2) is 29.2 Å². The fraction of sp³-hybridized carbons (Fsp3) is 0.600. The molecule has 1 aromatic rings. The van der Waals surface area contributed by atoms with Crippen LogP contribution in [0.4, 0.5) is 0 Å². The lowest BCUT2D eigenvalue weighted by Gasteiger charge is -2.37. The summed E-state index contributed by atoms with van der Waals surface area (Å²) in [6.45, 7) is 4.42. The molecule has 0 spiro atoms. The van der Waals surface area contributed by atoms with Crippen molar-refractivity contribution < 1.29 is 13.5 Å².